The Labute approximate surface area is 350 Å². The number of amides is 1. The molecule has 0 aromatic carbocycles. The first-order chi connectivity index (χ1) is 28.1. The molecule has 0 aromatic heterocycles. The van der Waals surface area contributed by atoms with Crippen molar-refractivity contribution in [1.82, 2.24) is 5.32 Å². The number of carbonyl (C=O) groups is 3. The van der Waals surface area contributed by atoms with E-state index in [0.717, 1.165) is 103 Å². The van der Waals surface area contributed by atoms with Crippen LogP contribution in [0.25, 0.3) is 0 Å². The third kappa shape index (κ3) is 39.7. The van der Waals surface area contributed by atoms with Crippen LogP contribution in [0.3, 0.4) is 0 Å². The third-order valence-corrected chi connectivity index (χ3v) is 9.93. The smallest absolute Gasteiger partial charge is 0.472 e. The molecule has 3 atom stereocenters. The van der Waals surface area contributed by atoms with Crippen molar-refractivity contribution in [2.75, 3.05) is 19.8 Å². The first-order valence-corrected chi connectivity index (χ1v) is 23.5. The summed E-state index contributed by atoms with van der Waals surface area (Å²) in [5.74, 6) is -2.42. The average Bonchev–Trinajstić information content (AvgIpc) is 3.20. The van der Waals surface area contributed by atoms with E-state index in [1.165, 1.54) is 25.7 Å². The van der Waals surface area contributed by atoms with E-state index in [2.05, 4.69) is 92.1 Å². The molecule has 332 valence electrons. The molecule has 0 aliphatic rings. The molecule has 4 N–H and O–H groups in total. The van der Waals surface area contributed by atoms with E-state index >= 15 is 0 Å². The van der Waals surface area contributed by atoms with Crippen LogP contribution in [0.1, 0.15) is 168 Å². The van der Waals surface area contributed by atoms with E-state index in [0.29, 0.717) is 12.8 Å². The molecule has 0 bridgehead atoms. The summed E-state index contributed by atoms with van der Waals surface area (Å²) in [6.07, 6.45) is 47.8. The number of hydrogen-bond acceptors (Lipinski definition) is 8. The number of hydrogen-bond donors (Lipinski definition) is 4. The van der Waals surface area contributed by atoms with Crippen molar-refractivity contribution >= 4 is 25.7 Å². The molecular weight excluding hydrogens is 757 g/mol. The lowest BCUT2D eigenvalue weighted by molar-refractivity contribution is -0.147. The van der Waals surface area contributed by atoms with E-state index in [1.54, 1.807) is 0 Å². The number of phosphoric acid groups is 1. The minimum absolute atomic E-state index is 0.121. The number of phosphoric ester groups is 1. The monoisotopic (exact) mass is 836 g/mol. The van der Waals surface area contributed by atoms with E-state index in [-0.39, 0.29) is 12.8 Å². The molecular formula is C46H78NO10P. The van der Waals surface area contributed by atoms with Gasteiger partial charge >= 0.3 is 19.8 Å². The van der Waals surface area contributed by atoms with Crippen molar-refractivity contribution in [3.63, 3.8) is 0 Å². The van der Waals surface area contributed by atoms with Gasteiger partial charge in [0.05, 0.1) is 13.2 Å². The van der Waals surface area contributed by atoms with Gasteiger partial charge in [-0.25, -0.2) is 9.36 Å². The summed E-state index contributed by atoms with van der Waals surface area (Å²) < 4.78 is 26.8. The zero-order valence-corrected chi connectivity index (χ0v) is 36.7. The number of rotatable bonds is 40. The zero-order chi connectivity index (χ0) is 42.8. The molecule has 0 aliphatic carbocycles. The van der Waals surface area contributed by atoms with Crippen LogP contribution in [0.2, 0.25) is 0 Å². The van der Waals surface area contributed by atoms with Crippen molar-refractivity contribution in [1.29, 1.82) is 0 Å². The fourth-order valence-electron chi connectivity index (χ4n) is 5.57. The van der Waals surface area contributed by atoms with Crippen molar-refractivity contribution in [2.24, 2.45) is 0 Å². The minimum Gasteiger partial charge on any atom is -0.480 e. The lowest BCUT2D eigenvalue weighted by Crippen LogP contribution is -2.43. The van der Waals surface area contributed by atoms with Gasteiger partial charge in [-0.05, 0) is 83.5 Å². The molecule has 0 saturated heterocycles. The second-order valence-electron chi connectivity index (χ2n) is 14.5. The molecule has 0 heterocycles. The molecule has 0 radical (unpaired) electrons. The number of carboxylic acids is 1. The van der Waals surface area contributed by atoms with Gasteiger partial charge in [-0.2, -0.15) is 0 Å². The molecule has 0 aromatic rings. The fraction of sp³-hybridized carbons (Fsp3) is 0.674. The van der Waals surface area contributed by atoms with E-state index in [4.69, 9.17) is 13.8 Å². The normalized spacial score (nSPS) is 14.4. The van der Waals surface area contributed by atoms with E-state index in [1.807, 2.05) is 0 Å². The summed E-state index contributed by atoms with van der Waals surface area (Å²) in [4.78, 5) is 45.9. The Morgan fingerprint density at radius 2 is 1.00 bits per heavy atom. The first kappa shape index (κ1) is 54.9. The number of esters is 1. The maximum atomic E-state index is 12.3. The molecule has 0 rings (SSSR count). The predicted molar refractivity (Wildman–Crippen MR) is 235 cm³/mol. The first-order valence-electron chi connectivity index (χ1n) is 22.0. The van der Waals surface area contributed by atoms with E-state index in [9.17, 15) is 34.1 Å². The molecule has 0 saturated carbocycles. The van der Waals surface area contributed by atoms with Crippen molar-refractivity contribution in [3.05, 3.63) is 72.9 Å². The minimum atomic E-state index is -4.77. The highest BCUT2D eigenvalue weighted by Crippen LogP contribution is 2.43. The number of aliphatic carboxylic acids is 1. The predicted octanol–water partition coefficient (Wildman–Crippen LogP) is 11.3. The highest BCUT2D eigenvalue weighted by Gasteiger charge is 2.28. The number of unbranched alkanes of at least 4 members (excludes halogenated alkanes) is 14. The molecule has 11 nitrogen and oxygen atoms in total. The highest BCUT2D eigenvalue weighted by molar-refractivity contribution is 7.47. The summed E-state index contributed by atoms with van der Waals surface area (Å²) in [5.41, 5.74) is 0. The standard InChI is InChI=1S/C46H78NO10P/c1-3-5-7-9-11-13-15-17-19-20-21-22-24-26-28-30-32-34-36-38-45(50)55-39-42(48)40-56-58(53,54)57-41-43(46(51)52)47-44(49)37-35-33-31-29-27-25-23-18-16-14-12-10-8-6-4-2/h6,8,11-14,17-19,21-23,42-43,48H,3-5,7,9-10,15-16,20,24-41H2,1-2H3,(H,47,49)(H,51,52)(H,53,54)/b8-6-,13-11-,14-12-,19-17-,22-21-,23-18-. The van der Waals surface area contributed by atoms with Crippen molar-refractivity contribution < 1.29 is 47.8 Å². The number of allylic oxidation sites excluding steroid dienone is 12. The fourth-order valence-corrected chi connectivity index (χ4v) is 6.34. The van der Waals surface area contributed by atoms with Gasteiger partial charge in [0.2, 0.25) is 5.91 Å². The van der Waals surface area contributed by atoms with Crippen LogP contribution < -0.4 is 5.32 Å². The number of nitrogens with one attached hydrogen (secondary N) is 1. The van der Waals surface area contributed by atoms with Crippen LogP contribution in [0.15, 0.2) is 72.9 Å². The van der Waals surface area contributed by atoms with Gasteiger partial charge < -0.3 is 25.2 Å². The summed E-state index contributed by atoms with van der Waals surface area (Å²) in [6.45, 7) is 2.41. The SMILES string of the molecule is CC/C=C\C/C=C\C/C=C\CCCCCCCC(=O)NC(COP(=O)(O)OCC(O)COC(=O)CCCCCCCC/C=C\C/C=C\C/C=C\CCCCC)C(=O)O. The molecule has 58 heavy (non-hydrogen) atoms. The molecule has 1 amide bonds. The quantitative estimate of drug-likeness (QED) is 0.0202. The topological polar surface area (TPSA) is 169 Å². The Kier molecular flexibility index (Phi) is 38.5. The Bertz CT molecular complexity index is 1260. The third-order valence-electron chi connectivity index (χ3n) is 8.98. The van der Waals surface area contributed by atoms with Gasteiger partial charge in [-0.1, -0.05) is 145 Å². The molecule has 12 heteroatoms. The van der Waals surface area contributed by atoms with Crippen LogP contribution in [-0.4, -0.2) is 64.9 Å². The van der Waals surface area contributed by atoms with Crippen LogP contribution >= 0.6 is 7.82 Å². The van der Waals surface area contributed by atoms with E-state index < -0.39 is 57.6 Å². The second-order valence-corrected chi connectivity index (χ2v) is 16.0. The van der Waals surface area contributed by atoms with Crippen molar-refractivity contribution in [2.45, 2.75) is 180 Å². The van der Waals surface area contributed by atoms with Crippen LogP contribution in [0, 0.1) is 0 Å². The Hall–Kier alpha value is -3.08. The number of aliphatic hydroxyl groups excluding tert-OH is 1. The summed E-state index contributed by atoms with van der Waals surface area (Å²) in [5, 5.41) is 21.8. The van der Waals surface area contributed by atoms with Crippen LogP contribution in [-0.2, 0) is 32.7 Å². The Balaban J connectivity index is 3.95. The van der Waals surface area contributed by atoms with Gasteiger partial charge in [0.1, 0.15) is 12.7 Å². The Morgan fingerprint density at radius 3 is 1.50 bits per heavy atom. The maximum Gasteiger partial charge on any atom is 0.472 e. The van der Waals surface area contributed by atoms with Crippen LogP contribution in [0.4, 0.5) is 0 Å². The zero-order valence-electron chi connectivity index (χ0n) is 35.8. The summed E-state index contributed by atoms with van der Waals surface area (Å²) >= 11 is 0. The molecule has 3 unspecified atom stereocenters. The van der Waals surface area contributed by atoms with Gasteiger partial charge in [-0.3, -0.25) is 18.6 Å². The number of ether oxygens (including phenoxy) is 1. The summed E-state index contributed by atoms with van der Waals surface area (Å²) in [6, 6.07) is -1.56. The Morgan fingerprint density at radius 1 is 0.569 bits per heavy atom. The number of carboxylic acid groups (broad SMARTS) is 1. The average molecular weight is 836 g/mol. The highest BCUT2D eigenvalue weighted by atomic mass is 31.2. The van der Waals surface area contributed by atoms with Crippen LogP contribution in [0.5, 0.6) is 0 Å². The van der Waals surface area contributed by atoms with Gasteiger partial charge in [0.25, 0.3) is 0 Å². The molecule has 0 aliphatic heterocycles. The lowest BCUT2D eigenvalue weighted by atomic mass is 10.1. The number of carbonyl (C=O) groups excluding carboxylic acids is 2. The lowest BCUT2D eigenvalue weighted by Gasteiger charge is -2.18. The van der Waals surface area contributed by atoms with Crippen molar-refractivity contribution in [3.8, 4) is 0 Å². The maximum absolute atomic E-state index is 12.3. The molecule has 0 spiro atoms. The molecule has 0 fully saturated rings. The van der Waals surface area contributed by atoms with Gasteiger partial charge in [0, 0.05) is 12.8 Å². The van der Waals surface area contributed by atoms with Gasteiger partial charge in [0.15, 0.2) is 6.04 Å². The number of aliphatic hydroxyl groups is 1. The summed E-state index contributed by atoms with van der Waals surface area (Å²) in [7, 11) is -4.77. The second kappa shape index (κ2) is 40.7. The van der Waals surface area contributed by atoms with Gasteiger partial charge in [-0.15, -0.1) is 0 Å². The largest absolute Gasteiger partial charge is 0.480 e.